The van der Waals surface area contributed by atoms with Crippen LogP contribution < -0.4 is 9.03 Å². The average Bonchev–Trinajstić information content (AvgIpc) is 2.77. The summed E-state index contributed by atoms with van der Waals surface area (Å²) in [7, 11) is -7.60. The Labute approximate surface area is 156 Å². The Morgan fingerprint density at radius 3 is 2.15 bits per heavy atom. The van der Waals surface area contributed by atoms with Crippen LogP contribution >= 0.6 is 11.6 Å². The van der Waals surface area contributed by atoms with Crippen LogP contribution in [0.4, 0.5) is 11.4 Å². The van der Waals surface area contributed by atoms with Gasteiger partial charge in [-0.05, 0) is 48.5 Å². The molecule has 138 valence electrons. The molecular weight excluding hydrogens is 400 g/mol. The third kappa shape index (κ3) is 3.55. The van der Waals surface area contributed by atoms with Gasteiger partial charge in [-0.25, -0.2) is 21.1 Å². The quantitative estimate of drug-likeness (QED) is 0.828. The summed E-state index contributed by atoms with van der Waals surface area (Å²) in [5.74, 6) is -1.42. The van der Waals surface area contributed by atoms with E-state index in [4.69, 9.17) is 11.6 Å². The molecule has 1 N–H and O–H groups in total. The van der Waals surface area contributed by atoms with Crippen molar-refractivity contribution in [2.75, 3.05) is 14.8 Å². The van der Waals surface area contributed by atoms with Crippen LogP contribution in [0, 0.1) is 5.92 Å². The first kappa shape index (κ1) is 18.7. The van der Waals surface area contributed by atoms with Crippen LogP contribution in [-0.4, -0.2) is 28.5 Å². The van der Waals surface area contributed by atoms with Crippen LogP contribution in [0.25, 0.3) is 0 Å². The van der Waals surface area contributed by atoms with Gasteiger partial charge in [-0.15, -0.1) is 0 Å². The summed E-state index contributed by atoms with van der Waals surface area (Å²) in [5.41, 5.74) is 0.453. The molecule has 1 fully saturated rings. The standard InChI is InChI=1S/C16H15ClN2O5S2/c1-11-10-25(21,22)19(16(11)20)14-6-8-15(9-7-14)26(23,24)18-13-4-2-12(17)3-5-13/h2-9,11,18H,10H2,1H3/t11-/m1/s1. The highest BCUT2D eigenvalue weighted by molar-refractivity contribution is 7.94. The molecule has 0 aromatic heterocycles. The Balaban J connectivity index is 1.87. The lowest BCUT2D eigenvalue weighted by Gasteiger charge is -2.16. The minimum absolute atomic E-state index is 0.0618. The van der Waals surface area contributed by atoms with Crippen molar-refractivity contribution < 1.29 is 21.6 Å². The number of carbonyl (C=O) groups excluding carboxylic acids is 1. The maximum absolute atomic E-state index is 12.4. The summed E-state index contributed by atoms with van der Waals surface area (Å²) >= 11 is 5.77. The van der Waals surface area contributed by atoms with Gasteiger partial charge in [0.1, 0.15) is 0 Å². The Bertz CT molecular complexity index is 1050. The zero-order valence-corrected chi connectivity index (χ0v) is 16.0. The largest absolute Gasteiger partial charge is 0.280 e. The van der Waals surface area contributed by atoms with Crippen molar-refractivity contribution in [3.8, 4) is 0 Å². The topological polar surface area (TPSA) is 101 Å². The summed E-state index contributed by atoms with van der Waals surface area (Å²) in [6, 6.07) is 11.2. The van der Waals surface area contributed by atoms with Gasteiger partial charge >= 0.3 is 0 Å². The maximum Gasteiger partial charge on any atom is 0.261 e. The summed E-state index contributed by atoms with van der Waals surface area (Å²) in [6.07, 6.45) is 0. The molecule has 7 nitrogen and oxygen atoms in total. The van der Waals surface area contributed by atoms with Gasteiger partial charge in [0.2, 0.25) is 15.9 Å². The van der Waals surface area contributed by atoms with E-state index in [9.17, 15) is 21.6 Å². The zero-order valence-electron chi connectivity index (χ0n) is 13.6. The van der Waals surface area contributed by atoms with E-state index in [2.05, 4.69) is 4.72 Å². The van der Waals surface area contributed by atoms with Crippen molar-refractivity contribution in [2.45, 2.75) is 11.8 Å². The average molecular weight is 415 g/mol. The monoisotopic (exact) mass is 414 g/mol. The van der Waals surface area contributed by atoms with Gasteiger partial charge < -0.3 is 0 Å². The number of halogens is 1. The SMILES string of the molecule is C[C@@H]1CS(=O)(=O)N(c2ccc(S(=O)(=O)Nc3ccc(Cl)cc3)cc2)C1=O. The molecule has 0 bridgehead atoms. The van der Waals surface area contributed by atoms with E-state index in [1.54, 1.807) is 12.1 Å². The van der Waals surface area contributed by atoms with Gasteiger partial charge in [-0.2, -0.15) is 0 Å². The molecule has 1 saturated heterocycles. The molecule has 2 aromatic rings. The molecule has 1 aliphatic heterocycles. The molecule has 1 amide bonds. The van der Waals surface area contributed by atoms with Gasteiger partial charge in [0.15, 0.2) is 0 Å². The van der Waals surface area contributed by atoms with Crippen molar-refractivity contribution in [3.63, 3.8) is 0 Å². The molecule has 0 aliphatic carbocycles. The first-order chi connectivity index (χ1) is 12.1. The fourth-order valence-electron chi connectivity index (χ4n) is 2.58. The number of benzene rings is 2. The molecule has 26 heavy (non-hydrogen) atoms. The second-order valence-corrected chi connectivity index (χ2v) is 9.87. The van der Waals surface area contributed by atoms with Crippen molar-refractivity contribution in [3.05, 3.63) is 53.6 Å². The normalized spacial score (nSPS) is 19.5. The van der Waals surface area contributed by atoms with E-state index in [0.29, 0.717) is 10.7 Å². The molecule has 1 atom stereocenters. The molecule has 3 rings (SSSR count). The van der Waals surface area contributed by atoms with Crippen molar-refractivity contribution in [1.82, 2.24) is 0 Å². The fourth-order valence-corrected chi connectivity index (χ4v) is 5.58. The summed E-state index contributed by atoms with van der Waals surface area (Å²) in [4.78, 5) is 12.0. The maximum atomic E-state index is 12.4. The summed E-state index contributed by atoms with van der Waals surface area (Å²) < 4.78 is 52.2. The Hall–Kier alpha value is -2.10. The number of sulfonamides is 2. The van der Waals surface area contributed by atoms with E-state index in [-0.39, 0.29) is 16.3 Å². The van der Waals surface area contributed by atoms with Crippen molar-refractivity contribution in [1.29, 1.82) is 0 Å². The smallest absolute Gasteiger partial charge is 0.261 e. The lowest BCUT2D eigenvalue weighted by Crippen LogP contribution is -2.30. The molecular formula is C16H15ClN2O5S2. The van der Waals surface area contributed by atoms with E-state index >= 15 is 0 Å². The van der Waals surface area contributed by atoms with E-state index in [1.165, 1.54) is 43.3 Å². The lowest BCUT2D eigenvalue weighted by atomic mass is 10.2. The third-order valence-corrected chi connectivity index (χ3v) is 7.36. The number of hydrogen-bond acceptors (Lipinski definition) is 5. The number of carbonyl (C=O) groups is 1. The molecule has 0 radical (unpaired) electrons. The number of anilines is 2. The summed E-state index contributed by atoms with van der Waals surface area (Å²) in [6.45, 7) is 1.54. The van der Waals surface area contributed by atoms with Gasteiger partial charge in [0.25, 0.3) is 10.0 Å². The number of nitrogens with one attached hydrogen (secondary N) is 1. The molecule has 0 spiro atoms. The second kappa shape index (κ2) is 6.57. The zero-order chi connectivity index (χ0) is 19.1. The van der Waals surface area contributed by atoms with E-state index in [0.717, 1.165) is 4.31 Å². The highest BCUT2D eigenvalue weighted by Gasteiger charge is 2.41. The minimum Gasteiger partial charge on any atom is -0.280 e. The van der Waals surface area contributed by atoms with Crippen LogP contribution in [0.3, 0.4) is 0 Å². The van der Waals surface area contributed by atoms with Crippen molar-refractivity contribution in [2.24, 2.45) is 5.92 Å². The van der Waals surface area contributed by atoms with Gasteiger partial charge in [-0.1, -0.05) is 18.5 Å². The van der Waals surface area contributed by atoms with E-state index in [1.807, 2.05) is 0 Å². The van der Waals surface area contributed by atoms with Crippen LogP contribution in [0.2, 0.25) is 5.02 Å². The molecule has 2 aromatic carbocycles. The summed E-state index contributed by atoms with van der Waals surface area (Å²) in [5, 5.41) is 0.475. The minimum atomic E-state index is -3.87. The van der Waals surface area contributed by atoms with Gasteiger partial charge in [0.05, 0.1) is 22.3 Å². The molecule has 0 saturated carbocycles. The van der Waals surface area contributed by atoms with Crippen LogP contribution in [-0.2, 0) is 24.8 Å². The van der Waals surface area contributed by atoms with Gasteiger partial charge in [-0.3, -0.25) is 9.52 Å². The number of nitrogens with zero attached hydrogens (tertiary/aromatic N) is 1. The molecule has 10 heteroatoms. The molecule has 1 aliphatic rings. The Kier molecular flexibility index (Phi) is 4.72. The molecule has 0 unspecified atom stereocenters. The predicted octanol–water partition coefficient (Wildman–Crippen LogP) is 2.45. The first-order valence-corrected chi connectivity index (χ1v) is 11.0. The highest BCUT2D eigenvalue weighted by atomic mass is 35.5. The number of amides is 1. The number of rotatable bonds is 4. The Morgan fingerprint density at radius 2 is 1.65 bits per heavy atom. The van der Waals surface area contributed by atoms with Crippen molar-refractivity contribution >= 4 is 48.9 Å². The first-order valence-electron chi connectivity index (χ1n) is 7.55. The van der Waals surface area contributed by atoms with E-state index < -0.39 is 31.9 Å². The highest BCUT2D eigenvalue weighted by Crippen LogP contribution is 2.29. The fraction of sp³-hybridized carbons (Fsp3) is 0.188. The second-order valence-electron chi connectivity index (χ2n) is 5.89. The van der Waals surface area contributed by atoms with Crippen LogP contribution in [0.5, 0.6) is 0 Å². The number of hydrogen-bond donors (Lipinski definition) is 1. The Morgan fingerprint density at radius 1 is 1.08 bits per heavy atom. The van der Waals surface area contributed by atoms with Crippen LogP contribution in [0.1, 0.15) is 6.92 Å². The third-order valence-electron chi connectivity index (χ3n) is 3.84. The molecule has 1 heterocycles. The lowest BCUT2D eigenvalue weighted by molar-refractivity contribution is -0.119. The van der Waals surface area contributed by atoms with Gasteiger partial charge in [0, 0.05) is 10.7 Å². The van der Waals surface area contributed by atoms with Crippen LogP contribution in [0.15, 0.2) is 53.4 Å². The predicted molar refractivity (Wildman–Crippen MR) is 99.1 cm³/mol.